The minimum absolute atomic E-state index is 0.0858. The monoisotopic (exact) mass is 238 g/mol. The lowest BCUT2D eigenvalue weighted by Gasteiger charge is -2.12. The van der Waals surface area contributed by atoms with Gasteiger partial charge >= 0.3 is 0 Å². The van der Waals surface area contributed by atoms with Crippen molar-refractivity contribution in [2.24, 2.45) is 5.92 Å². The van der Waals surface area contributed by atoms with Crippen molar-refractivity contribution in [1.82, 2.24) is 0 Å². The number of hydrogen-bond donors (Lipinski definition) is 1. The van der Waals surface area contributed by atoms with E-state index in [-0.39, 0.29) is 5.56 Å². The van der Waals surface area contributed by atoms with Gasteiger partial charge in [0.15, 0.2) is 0 Å². The molecule has 0 aliphatic heterocycles. The molecule has 0 aliphatic carbocycles. The maximum absolute atomic E-state index is 13.3. The highest BCUT2D eigenvalue weighted by Gasteiger charge is 2.04. The van der Waals surface area contributed by atoms with Crippen LogP contribution in [0, 0.1) is 23.1 Å². The second-order valence-electron chi connectivity index (χ2n) is 3.75. The Labute approximate surface area is 99.9 Å². The highest BCUT2D eigenvalue weighted by molar-refractivity contribution is 7.98. The molecule has 1 unspecified atom stereocenters. The third kappa shape index (κ3) is 3.74. The molecule has 1 N–H and O–H groups in total. The Kier molecular flexibility index (Phi) is 5.13. The molecule has 1 aromatic rings. The number of nitriles is 1. The van der Waals surface area contributed by atoms with Gasteiger partial charge in [0.05, 0.1) is 5.56 Å². The maximum atomic E-state index is 13.3. The van der Waals surface area contributed by atoms with Gasteiger partial charge in [0.25, 0.3) is 0 Å². The van der Waals surface area contributed by atoms with E-state index in [4.69, 9.17) is 5.26 Å². The first-order valence-electron chi connectivity index (χ1n) is 5.09. The molecule has 0 fully saturated rings. The van der Waals surface area contributed by atoms with Crippen LogP contribution in [-0.2, 0) is 0 Å². The first kappa shape index (κ1) is 12.9. The van der Waals surface area contributed by atoms with E-state index in [9.17, 15) is 4.39 Å². The van der Waals surface area contributed by atoms with E-state index in [0.717, 1.165) is 18.0 Å². The summed E-state index contributed by atoms with van der Waals surface area (Å²) in [4.78, 5) is 0. The van der Waals surface area contributed by atoms with Gasteiger partial charge in [0.2, 0.25) is 0 Å². The van der Waals surface area contributed by atoms with Crippen molar-refractivity contribution in [2.75, 3.05) is 23.9 Å². The van der Waals surface area contributed by atoms with E-state index < -0.39 is 5.82 Å². The number of nitrogens with one attached hydrogen (secondary N) is 1. The Morgan fingerprint density at radius 2 is 2.31 bits per heavy atom. The highest BCUT2D eigenvalue weighted by atomic mass is 32.2. The molecular weight excluding hydrogens is 223 g/mol. The molecule has 2 nitrogen and oxygen atoms in total. The molecule has 0 radical (unpaired) electrons. The van der Waals surface area contributed by atoms with Gasteiger partial charge < -0.3 is 5.32 Å². The molecule has 1 aromatic carbocycles. The van der Waals surface area contributed by atoms with Crippen LogP contribution in [-0.4, -0.2) is 18.6 Å². The Morgan fingerprint density at radius 3 is 2.88 bits per heavy atom. The van der Waals surface area contributed by atoms with E-state index in [0.29, 0.717) is 5.92 Å². The molecule has 1 rings (SSSR count). The Balaban J connectivity index is 2.56. The Morgan fingerprint density at radius 1 is 1.56 bits per heavy atom. The predicted molar refractivity (Wildman–Crippen MR) is 67.2 cm³/mol. The van der Waals surface area contributed by atoms with Gasteiger partial charge in [0, 0.05) is 12.2 Å². The zero-order valence-corrected chi connectivity index (χ0v) is 10.3. The van der Waals surface area contributed by atoms with Crippen LogP contribution in [0.2, 0.25) is 0 Å². The molecule has 0 bridgehead atoms. The Bertz CT molecular complexity index is 387. The largest absolute Gasteiger partial charge is 0.385 e. The van der Waals surface area contributed by atoms with E-state index >= 15 is 0 Å². The number of hydrogen-bond acceptors (Lipinski definition) is 3. The summed E-state index contributed by atoms with van der Waals surface area (Å²) in [5, 5.41) is 11.7. The average Bonchev–Trinajstić information content (AvgIpc) is 2.27. The summed E-state index contributed by atoms with van der Waals surface area (Å²) < 4.78 is 13.3. The molecule has 0 saturated carbocycles. The van der Waals surface area contributed by atoms with E-state index in [2.05, 4.69) is 18.5 Å². The van der Waals surface area contributed by atoms with Crippen molar-refractivity contribution in [3.63, 3.8) is 0 Å². The standard InChI is InChI=1S/C12H15FN2S/c1-9(8-16-2)7-15-11-4-3-10(6-14)12(13)5-11/h3-5,9,15H,7-8H2,1-2H3. The molecule has 4 heteroatoms. The van der Waals surface area contributed by atoms with Crippen LogP contribution < -0.4 is 5.32 Å². The van der Waals surface area contributed by atoms with Crippen LogP contribution in [0.3, 0.4) is 0 Å². The third-order valence-electron chi connectivity index (χ3n) is 2.20. The topological polar surface area (TPSA) is 35.8 Å². The number of thioether (sulfide) groups is 1. The first-order valence-corrected chi connectivity index (χ1v) is 6.49. The summed E-state index contributed by atoms with van der Waals surface area (Å²) in [6, 6.07) is 6.39. The zero-order valence-electron chi connectivity index (χ0n) is 9.46. The van der Waals surface area contributed by atoms with Crippen LogP contribution in [0.4, 0.5) is 10.1 Å². The van der Waals surface area contributed by atoms with Crippen molar-refractivity contribution in [3.8, 4) is 6.07 Å². The number of halogens is 1. The number of nitrogens with zero attached hydrogens (tertiary/aromatic N) is 1. The SMILES string of the molecule is CSCC(C)CNc1ccc(C#N)c(F)c1. The van der Waals surface area contributed by atoms with Gasteiger partial charge in [-0.15, -0.1) is 0 Å². The number of rotatable bonds is 5. The molecule has 0 amide bonds. The fraction of sp³-hybridized carbons (Fsp3) is 0.417. The molecule has 0 aliphatic rings. The highest BCUT2D eigenvalue weighted by Crippen LogP contribution is 2.14. The molecule has 0 heterocycles. The van der Waals surface area contributed by atoms with E-state index in [1.54, 1.807) is 23.9 Å². The third-order valence-corrected chi connectivity index (χ3v) is 3.10. The smallest absolute Gasteiger partial charge is 0.143 e. The fourth-order valence-electron chi connectivity index (χ4n) is 1.35. The molecule has 16 heavy (non-hydrogen) atoms. The lowest BCUT2D eigenvalue weighted by atomic mass is 10.2. The van der Waals surface area contributed by atoms with Crippen molar-refractivity contribution in [1.29, 1.82) is 5.26 Å². The van der Waals surface area contributed by atoms with Crippen LogP contribution in [0.15, 0.2) is 18.2 Å². The van der Waals surface area contributed by atoms with Crippen molar-refractivity contribution in [2.45, 2.75) is 6.92 Å². The molecule has 0 aromatic heterocycles. The summed E-state index contributed by atoms with van der Waals surface area (Å²) >= 11 is 1.80. The van der Waals surface area contributed by atoms with Crippen LogP contribution >= 0.6 is 11.8 Å². The first-order chi connectivity index (χ1) is 7.67. The molecule has 1 atom stereocenters. The Hall–Kier alpha value is -1.21. The van der Waals surface area contributed by atoms with E-state index in [1.807, 2.05) is 0 Å². The lowest BCUT2D eigenvalue weighted by molar-refractivity contribution is 0.623. The average molecular weight is 238 g/mol. The van der Waals surface area contributed by atoms with Gasteiger partial charge in [-0.3, -0.25) is 0 Å². The summed E-state index contributed by atoms with van der Waals surface area (Å²) in [6.07, 6.45) is 2.07. The number of anilines is 1. The van der Waals surface area contributed by atoms with Gasteiger partial charge in [0.1, 0.15) is 11.9 Å². The van der Waals surface area contributed by atoms with E-state index in [1.165, 1.54) is 12.1 Å². The number of benzene rings is 1. The maximum Gasteiger partial charge on any atom is 0.143 e. The summed E-state index contributed by atoms with van der Waals surface area (Å²) in [5.74, 6) is 1.14. The molecule has 0 spiro atoms. The molecule has 0 saturated heterocycles. The molecular formula is C12H15FN2S. The second-order valence-corrected chi connectivity index (χ2v) is 4.66. The zero-order chi connectivity index (χ0) is 12.0. The normalized spacial score (nSPS) is 11.9. The van der Waals surface area contributed by atoms with Gasteiger partial charge in [-0.2, -0.15) is 17.0 Å². The summed E-state index contributed by atoms with van der Waals surface area (Å²) in [6.45, 7) is 2.95. The second kappa shape index (κ2) is 6.39. The van der Waals surface area contributed by atoms with Crippen LogP contribution in [0.1, 0.15) is 12.5 Å². The predicted octanol–water partition coefficient (Wildman–Crippen LogP) is 3.11. The van der Waals surface area contributed by atoms with Crippen LogP contribution in [0.5, 0.6) is 0 Å². The van der Waals surface area contributed by atoms with Crippen molar-refractivity contribution >= 4 is 17.4 Å². The lowest BCUT2D eigenvalue weighted by Crippen LogP contribution is -2.13. The minimum Gasteiger partial charge on any atom is -0.385 e. The summed E-state index contributed by atoms with van der Waals surface area (Å²) in [7, 11) is 0. The fourth-order valence-corrected chi connectivity index (χ4v) is 2.04. The quantitative estimate of drug-likeness (QED) is 0.856. The van der Waals surface area contributed by atoms with Gasteiger partial charge in [-0.1, -0.05) is 6.92 Å². The van der Waals surface area contributed by atoms with Crippen molar-refractivity contribution < 1.29 is 4.39 Å². The van der Waals surface area contributed by atoms with Gasteiger partial charge in [-0.05, 0) is 36.1 Å². The minimum atomic E-state index is -0.468. The van der Waals surface area contributed by atoms with Crippen LogP contribution in [0.25, 0.3) is 0 Å². The van der Waals surface area contributed by atoms with Crippen molar-refractivity contribution in [3.05, 3.63) is 29.6 Å². The molecule has 86 valence electrons. The van der Waals surface area contributed by atoms with Gasteiger partial charge in [-0.25, -0.2) is 4.39 Å². The summed E-state index contributed by atoms with van der Waals surface area (Å²) in [5.41, 5.74) is 0.812.